The number of carbonyl (C=O) groups is 2. The van der Waals surface area contributed by atoms with E-state index in [-0.39, 0.29) is 27.2 Å². The van der Waals surface area contributed by atoms with E-state index in [0.29, 0.717) is 6.16 Å². The Kier molecular flexibility index (Phi) is 7.58. The van der Waals surface area contributed by atoms with Crippen LogP contribution in [0.2, 0.25) is 0 Å². The zero-order valence-corrected chi connectivity index (χ0v) is 9.32. The van der Waals surface area contributed by atoms with Gasteiger partial charge >= 0.3 is 12.1 Å². The van der Waals surface area contributed by atoms with Crippen molar-refractivity contribution in [1.29, 1.82) is 0 Å². The molecule has 1 atom stereocenters. The minimum atomic E-state index is -1.23. The fraction of sp³-hybridized carbons (Fsp3) is 0.500. The van der Waals surface area contributed by atoms with Crippen molar-refractivity contribution in [1.82, 2.24) is 5.32 Å². The molecule has 0 spiro atoms. The highest BCUT2D eigenvalue weighted by atomic mass is 31.1. The third-order valence-corrected chi connectivity index (χ3v) is 2.02. The lowest BCUT2D eigenvalue weighted by Crippen LogP contribution is -2.28. The molecule has 3 N–H and O–H groups in total. The maximum absolute atomic E-state index is 10.9. The van der Waals surface area contributed by atoms with Gasteiger partial charge in [-0.25, -0.2) is 9.59 Å². The van der Waals surface area contributed by atoms with Gasteiger partial charge < -0.3 is 14.9 Å². The van der Waals surface area contributed by atoms with E-state index in [0.717, 1.165) is 0 Å². The van der Waals surface area contributed by atoms with Gasteiger partial charge in [0.25, 0.3) is 0 Å². The molecule has 0 aromatic heterocycles. The smallest absolute Gasteiger partial charge is 0.411 e. The lowest BCUT2D eigenvalue weighted by Gasteiger charge is -2.05. The molecule has 0 bridgehead atoms. The molecule has 7 heteroatoms. The predicted octanol–water partition coefficient (Wildman–Crippen LogP) is 0.329. The Morgan fingerprint density at radius 3 is 2.67 bits per heavy atom. The number of allylic oxidation sites excluding steroid dienone is 1. The maximum Gasteiger partial charge on any atom is 0.411 e. The highest BCUT2D eigenvalue weighted by Crippen LogP contribution is 2.07. The lowest BCUT2D eigenvalue weighted by atomic mass is 10.4. The fourth-order valence-electron chi connectivity index (χ4n) is 0.708. The van der Waals surface area contributed by atoms with Crippen LogP contribution in [0.15, 0.2) is 11.8 Å². The summed E-state index contributed by atoms with van der Waals surface area (Å²) in [6.45, 7) is 1.80. The van der Waals surface area contributed by atoms with Crippen molar-refractivity contribution in [2.45, 2.75) is 6.92 Å². The molecule has 0 saturated heterocycles. The number of hydrogen-bond donors (Lipinski definition) is 3. The second kappa shape index (κ2) is 8.20. The molecule has 0 rings (SSSR count). The lowest BCUT2D eigenvalue weighted by molar-refractivity contribution is -0.133. The number of alkyl carbamates (subject to hydrolysis) is 1. The van der Waals surface area contributed by atoms with E-state index in [4.69, 9.17) is 10.2 Å². The quantitative estimate of drug-likeness (QED) is 0.350. The van der Waals surface area contributed by atoms with Crippen LogP contribution in [-0.2, 0) is 9.53 Å². The summed E-state index contributed by atoms with van der Waals surface area (Å²) in [6, 6.07) is 0. The summed E-state index contributed by atoms with van der Waals surface area (Å²) in [6.07, 6.45) is 0.958. The van der Waals surface area contributed by atoms with E-state index in [2.05, 4.69) is 10.1 Å². The number of carbonyl (C=O) groups excluding carboxylic acids is 1. The van der Waals surface area contributed by atoms with Crippen molar-refractivity contribution < 1.29 is 24.5 Å². The first-order valence-electron chi connectivity index (χ1n) is 4.30. The summed E-state index contributed by atoms with van der Waals surface area (Å²) >= 11 is 0. The summed E-state index contributed by atoms with van der Waals surface area (Å²) in [5.74, 6) is -1.23. The molecule has 0 heterocycles. The molecule has 0 aromatic rings. The molecule has 86 valence electrons. The van der Waals surface area contributed by atoms with E-state index in [1.807, 2.05) is 0 Å². The average Bonchev–Trinajstić information content (AvgIpc) is 2.16. The zero-order valence-electron chi connectivity index (χ0n) is 8.32. The summed E-state index contributed by atoms with van der Waals surface area (Å²) in [5, 5.41) is 19.3. The van der Waals surface area contributed by atoms with Gasteiger partial charge in [0, 0.05) is 0 Å². The highest BCUT2D eigenvalue weighted by molar-refractivity contribution is 7.37. The van der Waals surface area contributed by atoms with Crippen molar-refractivity contribution >= 4 is 20.6 Å². The van der Waals surface area contributed by atoms with Crippen LogP contribution in [0.5, 0.6) is 0 Å². The Morgan fingerprint density at radius 2 is 2.20 bits per heavy atom. The van der Waals surface area contributed by atoms with E-state index < -0.39 is 12.1 Å². The monoisotopic (exact) mass is 235 g/mol. The molecule has 0 fully saturated rings. The third kappa shape index (κ3) is 6.88. The van der Waals surface area contributed by atoms with Crippen molar-refractivity contribution in [3.63, 3.8) is 0 Å². The molecule has 0 aliphatic carbocycles. The second-order valence-corrected chi connectivity index (χ2v) is 3.61. The standard InChI is InChI=1S/C8H14NO5P/c1-2-14-8(13)9-6(7(11)12)3-4-15-5-10/h3,10,15H,2,4-5H2,1H3,(H,9,13)(H,11,12)/b6-3-. The molecular formula is C8H14NO5P. The van der Waals surface area contributed by atoms with Crippen molar-refractivity contribution in [3.05, 3.63) is 11.8 Å². The van der Waals surface area contributed by atoms with E-state index in [1.54, 1.807) is 6.92 Å². The van der Waals surface area contributed by atoms with E-state index in [9.17, 15) is 9.59 Å². The topological polar surface area (TPSA) is 95.9 Å². The van der Waals surface area contributed by atoms with Crippen LogP contribution >= 0.6 is 8.58 Å². The molecule has 0 aromatic carbocycles. The summed E-state index contributed by atoms with van der Waals surface area (Å²) in [5.41, 5.74) is -0.227. The maximum atomic E-state index is 10.9. The van der Waals surface area contributed by atoms with Gasteiger partial charge in [0.15, 0.2) is 0 Å². The van der Waals surface area contributed by atoms with Crippen LogP contribution in [0, 0.1) is 0 Å². The van der Waals surface area contributed by atoms with Gasteiger partial charge in [-0.05, 0) is 19.2 Å². The largest absolute Gasteiger partial charge is 0.477 e. The van der Waals surface area contributed by atoms with Crippen LogP contribution < -0.4 is 5.32 Å². The minimum Gasteiger partial charge on any atom is -0.477 e. The number of hydrogen-bond acceptors (Lipinski definition) is 4. The van der Waals surface area contributed by atoms with Crippen molar-refractivity contribution in [3.8, 4) is 0 Å². The van der Waals surface area contributed by atoms with Crippen molar-refractivity contribution in [2.24, 2.45) is 0 Å². The molecule has 0 saturated carbocycles. The Balaban J connectivity index is 4.21. The number of nitrogens with one attached hydrogen (secondary N) is 1. The summed E-state index contributed by atoms with van der Waals surface area (Å²) in [7, 11) is 0.222. The van der Waals surface area contributed by atoms with Gasteiger partial charge in [-0.15, -0.1) is 0 Å². The van der Waals surface area contributed by atoms with Crippen LogP contribution in [0.4, 0.5) is 4.79 Å². The number of carboxylic acids is 1. The van der Waals surface area contributed by atoms with Gasteiger partial charge in [-0.3, -0.25) is 5.32 Å². The molecule has 0 radical (unpaired) electrons. The summed E-state index contributed by atoms with van der Waals surface area (Å²) < 4.78 is 4.53. The van der Waals surface area contributed by atoms with Crippen LogP contribution in [-0.4, -0.2) is 41.4 Å². The molecule has 1 unspecified atom stereocenters. The number of aliphatic hydroxyl groups excluding tert-OH is 1. The fourth-order valence-corrected chi connectivity index (χ4v) is 1.19. The number of carboxylic acid groups (broad SMARTS) is 1. The number of ether oxygens (including phenoxy) is 1. The summed E-state index contributed by atoms with van der Waals surface area (Å²) in [4.78, 5) is 21.5. The Labute approximate surface area is 89.1 Å². The highest BCUT2D eigenvalue weighted by Gasteiger charge is 2.10. The van der Waals surface area contributed by atoms with Gasteiger partial charge in [0.05, 0.1) is 13.0 Å². The molecular weight excluding hydrogens is 221 g/mol. The Hall–Kier alpha value is -1.13. The molecule has 15 heavy (non-hydrogen) atoms. The number of aliphatic carboxylic acids is 1. The first-order valence-corrected chi connectivity index (χ1v) is 5.72. The van der Waals surface area contributed by atoms with Crippen LogP contribution in [0.3, 0.4) is 0 Å². The molecule has 1 amide bonds. The number of amides is 1. The van der Waals surface area contributed by atoms with Crippen LogP contribution in [0.1, 0.15) is 6.92 Å². The molecule has 6 nitrogen and oxygen atoms in total. The number of aliphatic hydroxyl groups is 1. The van der Waals surface area contributed by atoms with Gasteiger partial charge in [0.1, 0.15) is 5.70 Å². The predicted molar refractivity (Wildman–Crippen MR) is 56.1 cm³/mol. The normalized spacial score (nSPS) is 11.7. The third-order valence-electron chi connectivity index (χ3n) is 1.30. The molecule has 0 aliphatic rings. The average molecular weight is 235 g/mol. The minimum absolute atomic E-state index is 0.00278. The molecule has 0 aliphatic heterocycles. The zero-order chi connectivity index (χ0) is 11.7. The Morgan fingerprint density at radius 1 is 1.53 bits per heavy atom. The van der Waals surface area contributed by atoms with Crippen LogP contribution in [0.25, 0.3) is 0 Å². The van der Waals surface area contributed by atoms with Gasteiger partial charge in [-0.2, -0.15) is 0 Å². The van der Waals surface area contributed by atoms with E-state index in [1.165, 1.54) is 6.08 Å². The van der Waals surface area contributed by atoms with Gasteiger partial charge in [-0.1, -0.05) is 8.58 Å². The Bertz CT molecular complexity index is 253. The van der Waals surface area contributed by atoms with Crippen molar-refractivity contribution in [2.75, 3.05) is 19.1 Å². The second-order valence-electron chi connectivity index (χ2n) is 2.38. The SMILES string of the molecule is CCOC(=O)N/C(=C\CPCO)C(=O)O. The number of rotatable bonds is 6. The van der Waals surface area contributed by atoms with E-state index >= 15 is 0 Å². The van der Waals surface area contributed by atoms with Gasteiger partial charge in [0.2, 0.25) is 0 Å². The first-order chi connectivity index (χ1) is 7.11. The first kappa shape index (κ1) is 13.9.